The van der Waals surface area contributed by atoms with Gasteiger partial charge in [-0.3, -0.25) is 14.6 Å². The predicted molar refractivity (Wildman–Crippen MR) is 127 cm³/mol. The monoisotopic (exact) mass is 506 g/mol. The number of amides is 1. The van der Waals surface area contributed by atoms with Crippen molar-refractivity contribution in [1.29, 1.82) is 0 Å². The molecule has 0 atom stereocenters. The number of hydrogen-bond donors (Lipinski definition) is 0. The first-order valence-electron chi connectivity index (χ1n) is 11.8. The van der Waals surface area contributed by atoms with E-state index in [4.69, 9.17) is 4.74 Å². The zero-order valence-electron chi connectivity index (χ0n) is 19.5. The zero-order chi connectivity index (χ0) is 25.8. The van der Waals surface area contributed by atoms with E-state index < -0.39 is 17.5 Å². The van der Waals surface area contributed by atoms with Crippen LogP contribution in [0, 0.1) is 0 Å². The van der Waals surface area contributed by atoms with Gasteiger partial charge in [-0.05, 0) is 35.9 Å². The van der Waals surface area contributed by atoms with Crippen LogP contribution >= 0.6 is 0 Å². The minimum absolute atomic E-state index is 0.0346. The molecule has 2 aliphatic rings. The Morgan fingerprint density at radius 2 is 1.78 bits per heavy atom. The molecular formula is C27H21F3N4O3. The smallest absolute Gasteiger partial charge is 0.433 e. The molecular weight excluding hydrogens is 485 g/mol. The van der Waals surface area contributed by atoms with Crippen molar-refractivity contribution in [2.24, 2.45) is 0 Å². The van der Waals surface area contributed by atoms with Gasteiger partial charge in [0, 0.05) is 56.3 Å². The summed E-state index contributed by atoms with van der Waals surface area (Å²) in [5.74, 6) is 0.357. The van der Waals surface area contributed by atoms with E-state index in [0.29, 0.717) is 54.0 Å². The number of ketones is 1. The van der Waals surface area contributed by atoms with Crippen molar-refractivity contribution in [3.63, 3.8) is 0 Å². The van der Waals surface area contributed by atoms with Crippen LogP contribution in [-0.4, -0.2) is 49.6 Å². The molecule has 1 aromatic carbocycles. The van der Waals surface area contributed by atoms with Crippen molar-refractivity contribution in [1.82, 2.24) is 19.3 Å². The topological polar surface area (TPSA) is 76.8 Å². The maximum atomic E-state index is 13.5. The molecule has 188 valence electrons. The van der Waals surface area contributed by atoms with Crippen molar-refractivity contribution >= 4 is 17.3 Å². The minimum atomic E-state index is -4.60. The molecule has 0 radical (unpaired) electrons. The van der Waals surface area contributed by atoms with Crippen LogP contribution in [0.4, 0.5) is 13.2 Å². The predicted octanol–water partition coefficient (Wildman–Crippen LogP) is 5.06. The molecule has 1 spiro atoms. The second kappa shape index (κ2) is 8.43. The molecule has 5 heterocycles. The number of aromatic nitrogens is 3. The third-order valence-corrected chi connectivity index (χ3v) is 7.05. The fourth-order valence-electron chi connectivity index (χ4n) is 5.14. The number of carbonyl (C=O) groups excluding carboxylic acids is 2. The van der Waals surface area contributed by atoms with Gasteiger partial charge < -0.3 is 14.0 Å². The zero-order valence-corrected chi connectivity index (χ0v) is 19.5. The van der Waals surface area contributed by atoms with E-state index in [1.54, 1.807) is 46.0 Å². The summed E-state index contributed by atoms with van der Waals surface area (Å²) >= 11 is 0. The molecule has 7 nitrogen and oxygen atoms in total. The maximum absolute atomic E-state index is 13.5. The molecule has 3 aromatic heterocycles. The summed E-state index contributed by atoms with van der Waals surface area (Å²) in [5, 5.41) is 0. The van der Waals surface area contributed by atoms with Gasteiger partial charge in [-0.2, -0.15) is 13.2 Å². The van der Waals surface area contributed by atoms with Gasteiger partial charge in [-0.25, -0.2) is 4.98 Å². The highest BCUT2D eigenvalue weighted by Crippen LogP contribution is 2.39. The van der Waals surface area contributed by atoms with Crippen LogP contribution < -0.4 is 4.74 Å². The number of fused-ring (bicyclic) bond motifs is 2. The van der Waals surface area contributed by atoms with Crippen LogP contribution in [0.2, 0.25) is 0 Å². The maximum Gasteiger partial charge on any atom is 0.433 e. The Balaban J connectivity index is 1.27. The van der Waals surface area contributed by atoms with E-state index in [0.717, 1.165) is 12.3 Å². The third-order valence-electron chi connectivity index (χ3n) is 7.05. The van der Waals surface area contributed by atoms with Gasteiger partial charge in [0.15, 0.2) is 5.78 Å². The van der Waals surface area contributed by atoms with Crippen molar-refractivity contribution in [3.05, 3.63) is 84.1 Å². The second-order valence-electron chi connectivity index (χ2n) is 9.40. The Morgan fingerprint density at radius 1 is 1.00 bits per heavy atom. The average molecular weight is 506 g/mol. The Morgan fingerprint density at radius 3 is 2.57 bits per heavy atom. The first-order chi connectivity index (χ1) is 17.7. The largest absolute Gasteiger partial charge is 0.486 e. The van der Waals surface area contributed by atoms with Crippen LogP contribution in [0.25, 0.3) is 16.8 Å². The lowest BCUT2D eigenvalue weighted by Gasteiger charge is -2.44. The van der Waals surface area contributed by atoms with E-state index in [9.17, 15) is 22.8 Å². The number of hydrogen-bond acceptors (Lipinski definition) is 5. The molecule has 4 aromatic rings. The van der Waals surface area contributed by atoms with Gasteiger partial charge in [-0.15, -0.1) is 0 Å². The van der Waals surface area contributed by atoms with E-state index in [1.807, 2.05) is 6.07 Å². The number of piperidine rings is 1. The van der Waals surface area contributed by atoms with Crippen LogP contribution in [0.15, 0.2) is 67.3 Å². The van der Waals surface area contributed by atoms with E-state index in [1.165, 1.54) is 12.3 Å². The van der Waals surface area contributed by atoms with Crippen LogP contribution in [-0.2, 0) is 6.18 Å². The first kappa shape index (κ1) is 23.2. The van der Waals surface area contributed by atoms with Gasteiger partial charge in [0.2, 0.25) is 0 Å². The summed E-state index contributed by atoms with van der Waals surface area (Å²) in [4.78, 5) is 35.6. The number of Topliss-reactive ketones (excluding diaryl/α,β-unsaturated/α-hetero) is 1. The minimum Gasteiger partial charge on any atom is -0.486 e. The number of likely N-dealkylation sites (tertiary alicyclic amines) is 1. The van der Waals surface area contributed by atoms with Gasteiger partial charge in [0.1, 0.15) is 22.7 Å². The molecule has 1 fully saturated rings. The number of ether oxygens (including phenoxy) is 1. The molecule has 0 saturated carbocycles. The SMILES string of the molecule is O=C1CC2(CCN(C(=O)c3cc(-c4ccnc(C(F)(F)F)c4)c4nccn4c3)CC2)Oc2ccccc21. The molecule has 0 bridgehead atoms. The summed E-state index contributed by atoms with van der Waals surface area (Å²) in [6.07, 6.45) is 2.56. The Hall–Kier alpha value is -4.21. The lowest BCUT2D eigenvalue weighted by molar-refractivity contribution is -0.141. The Labute approximate surface area is 209 Å². The van der Waals surface area contributed by atoms with E-state index in [-0.39, 0.29) is 23.7 Å². The van der Waals surface area contributed by atoms with Gasteiger partial charge in [0.05, 0.1) is 17.5 Å². The summed E-state index contributed by atoms with van der Waals surface area (Å²) in [6.45, 7) is 0.776. The molecule has 0 aliphatic carbocycles. The summed E-state index contributed by atoms with van der Waals surface area (Å²) in [7, 11) is 0. The lowest BCUT2D eigenvalue weighted by Crippen LogP contribution is -2.52. The number of alkyl halides is 3. The normalized spacial score (nSPS) is 17.1. The number of rotatable bonds is 2. The van der Waals surface area contributed by atoms with Crippen LogP contribution in [0.5, 0.6) is 5.75 Å². The second-order valence-corrected chi connectivity index (χ2v) is 9.40. The van der Waals surface area contributed by atoms with Crippen molar-refractivity contribution < 1.29 is 27.5 Å². The first-order valence-corrected chi connectivity index (χ1v) is 11.8. The molecule has 2 aliphatic heterocycles. The number of pyridine rings is 2. The van der Waals surface area contributed by atoms with Crippen LogP contribution in [0.1, 0.15) is 45.7 Å². The number of benzene rings is 1. The highest BCUT2D eigenvalue weighted by atomic mass is 19.4. The standard InChI is InChI=1S/C27H21F3N4O3/c28-27(29,30)23-14-17(5-8-31-23)20-13-18(16-34-12-9-32-24(20)34)25(36)33-10-6-26(7-11-33)15-21(35)19-3-1-2-4-22(19)37-26/h1-5,8-9,12-14,16H,6-7,10-11,15H2. The van der Waals surface area contributed by atoms with Crippen molar-refractivity contribution in [2.75, 3.05) is 13.1 Å². The number of carbonyl (C=O) groups is 2. The summed E-state index contributed by atoms with van der Waals surface area (Å²) in [6, 6.07) is 11.2. The van der Waals surface area contributed by atoms with Crippen molar-refractivity contribution in [2.45, 2.75) is 31.0 Å². The Kier molecular flexibility index (Phi) is 5.29. The molecule has 0 unspecified atom stereocenters. The Bertz CT molecular complexity index is 1540. The van der Waals surface area contributed by atoms with Gasteiger partial charge >= 0.3 is 6.18 Å². The molecule has 37 heavy (non-hydrogen) atoms. The highest BCUT2D eigenvalue weighted by Gasteiger charge is 2.43. The molecule has 1 amide bonds. The molecule has 0 N–H and O–H groups in total. The molecule has 1 saturated heterocycles. The number of para-hydroxylation sites is 1. The quantitative estimate of drug-likeness (QED) is 0.380. The lowest BCUT2D eigenvalue weighted by atomic mass is 9.82. The highest BCUT2D eigenvalue weighted by molar-refractivity contribution is 6.00. The molecule has 10 heteroatoms. The third kappa shape index (κ3) is 4.12. The fourth-order valence-corrected chi connectivity index (χ4v) is 5.14. The van der Waals surface area contributed by atoms with Crippen molar-refractivity contribution in [3.8, 4) is 16.9 Å². The summed E-state index contributed by atoms with van der Waals surface area (Å²) < 4.78 is 47.7. The summed E-state index contributed by atoms with van der Waals surface area (Å²) in [5.41, 5.74) is 0.337. The van der Waals surface area contributed by atoms with E-state index in [2.05, 4.69) is 9.97 Å². The number of nitrogens with zero attached hydrogens (tertiary/aromatic N) is 4. The number of imidazole rings is 1. The number of halogens is 3. The average Bonchev–Trinajstić information content (AvgIpc) is 3.37. The van der Waals surface area contributed by atoms with Gasteiger partial charge in [0.25, 0.3) is 5.91 Å². The fraction of sp³-hybridized carbons (Fsp3) is 0.259. The van der Waals surface area contributed by atoms with Crippen LogP contribution in [0.3, 0.4) is 0 Å². The van der Waals surface area contributed by atoms with Gasteiger partial charge in [-0.1, -0.05) is 12.1 Å². The molecule has 6 rings (SSSR count). The van der Waals surface area contributed by atoms with E-state index >= 15 is 0 Å².